The van der Waals surface area contributed by atoms with E-state index in [2.05, 4.69) is 4.74 Å². The fourth-order valence-electron chi connectivity index (χ4n) is 1.05. The van der Waals surface area contributed by atoms with E-state index in [-0.39, 0.29) is 30.0 Å². The molecule has 0 aromatic rings. The average Bonchev–Trinajstić information content (AvgIpc) is 2.10. The van der Waals surface area contributed by atoms with Gasteiger partial charge in [0, 0.05) is 24.5 Å². The van der Waals surface area contributed by atoms with Crippen LogP contribution in [0.2, 0.25) is 0 Å². The number of hydrogen-bond donors (Lipinski definition) is 1. The van der Waals surface area contributed by atoms with Crippen LogP contribution in [0.3, 0.4) is 0 Å². The lowest BCUT2D eigenvalue weighted by molar-refractivity contribution is -0.141. The molecule has 0 spiro atoms. The smallest absolute Gasteiger partial charge is 0.331 e. The van der Waals surface area contributed by atoms with Crippen molar-refractivity contribution in [1.82, 2.24) is 0 Å². The molecular formula is C10H14O5. The lowest BCUT2D eigenvalue weighted by atomic mass is 10.0. The van der Waals surface area contributed by atoms with E-state index < -0.39 is 11.9 Å². The Bertz CT molecular complexity index is 314. The van der Waals surface area contributed by atoms with Crippen LogP contribution in [-0.4, -0.2) is 29.4 Å². The average molecular weight is 214 g/mol. The van der Waals surface area contributed by atoms with Crippen LogP contribution in [0.4, 0.5) is 0 Å². The Morgan fingerprint density at radius 1 is 1.13 bits per heavy atom. The Labute approximate surface area is 87.7 Å². The molecule has 0 radical (unpaired) electrons. The summed E-state index contributed by atoms with van der Waals surface area (Å²) in [6.45, 7) is 3.92. The van der Waals surface area contributed by atoms with Gasteiger partial charge in [0.05, 0.1) is 6.61 Å². The molecule has 5 heteroatoms. The van der Waals surface area contributed by atoms with Gasteiger partial charge >= 0.3 is 11.9 Å². The first-order valence-electron chi connectivity index (χ1n) is 4.43. The van der Waals surface area contributed by atoms with E-state index in [1.54, 1.807) is 0 Å². The second-order valence-electron chi connectivity index (χ2n) is 3.05. The zero-order valence-corrected chi connectivity index (χ0v) is 8.99. The van der Waals surface area contributed by atoms with Crippen LogP contribution in [0, 0.1) is 0 Å². The third-order valence-electron chi connectivity index (χ3n) is 1.86. The molecule has 0 aliphatic carbocycles. The normalized spacial score (nSPS) is 11.7. The largest absolute Gasteiger partial charge is 0.478 e. The number of ketones is 1. The van der Waals surface area contributed by atoms with E-state index in [4.69, 9.17) is 5.11 Å². The van der Waals surface area contributed by atoms with Crippen LogP contribution < -0.4 is 0 Å². The van der Waals surface area contributed by atoms with E-state index in [0.29, 0.717) is 0 Å². The fourth-order valence-corrected chi connectivity index (χ4v) is 1.05. The van der Waals surface area contributed by atoms with Gasteiger partial charge in [-0.25, -0.2) is 4.79 Å². The van der Waals surface area contributed by atoms with E-state index in [9.17, 15) is 14.4 Å². The monoisotopic (exact) mass is 214 g/mol. The van der Waals surface area contributed by atoms with Crippen molar-refractivity contribution >= 4 is 17.7 Å². The summed E-state index contributed by atoms with van der Waals surface area (Å²) in [5.74, 6) is -1.91. The van der Waals surface area contributed by atoms with E-state index in [1.807, 2.05) is 0 Å². The minimum Gasteiger partial charge on any atom is -0.478 e. The van der Waals surface area contributed by atoms with Gasteiger partial charge in [0.1, 0.15) is 0 Å². The SMILES string of the molecule is CC(=O)OCCC(C(C)=O)=C(C)C(=O)O. The standard InChI is InChI=1S/C10H14O5/c1-6(10(13)14)9(7(2)11)4-5-15-8(3)12/h4-5H2,1-3H3,(H,13,14). The maximum atomic E-state index is 11.1. The fraction of sp³-hybridized carbons (Fsp3) is 0.500. The number of esters is 1. The Hall–Kier alpha value is -1.65. The number of carboxylic acids is 1. The van der Waals surface area contributed by atoms with E-state index in [0.717, 1.165) is 0 Å². The number of rotatable bonds is 5. The van der Waals surface area contributed by atoms with Crippen LogP contribution >= 0.6 is 0 Å². The van der Waals surface area contributed by atoms with Gasteiger partial charge in [0.15, 0.2) is 5.78 Å². The number of hydrogen-bond acceptors (Lipinski definition) is 4. The molecule has 0 heterocycles. The third-order valence-corrected chi connectivity index (χ3v) is 1.86. The van der Waals surface area contributed by atoms with Crippen molar-refractivity contribution in [3.63, 3.8) is 0 Å². The Kier molecular flexibility index (Phi) is 5.30. The highest BCUT2D eigenvalue weighted by molar-refractivity contribution is 6.01. The number of Topliss-reactive ketones (excluding diaryl/α,β-unsaturated/α-hetero) is 1. The number of carboxylic acid groups (broad SMARTS) is 1. The topological polar surface area (TPSA) is 80.7 Å². The van der Waals surface area contributed by atoms with Crippen LogP contribution in [-0.2, 0) is 19.1 Å². The van der Waals surface area contributed by atoms with Gasteiger partial charge in [-0.05, 0) is 13.8 Å². The van der Waals surface area contributed by atoms with Gasteiger partial charge in [0.25, 0.3) is 0 Å². The van der Waals surface area contributed by atoms with E-state index >= 15 is 0 Å². The molecule has 0 fully saturated rings. The minimum atomic E-state index is -1.14. The summed E-state index contributed by atoms with van der Waals surface area (Å²) < 4.78 is 4.63. The quantitative estimate of drug-likeness (QED) is 0.544. The Balaban J connectivity index is 4.56. The molecular weight excluding hydrogens is 200 g/mol. The number of carbonyl (C=O) groups is 3. The van der Waals surface area contributed by atoms with Gasteiger partial charge in [-0.15, -0.1) is 0 Å². The highest BCUT2D eigenvalue weighted by atomic mass is 16.5. The Morgan fingerprint density at radius 3 is 2.00 bits per heavy atom. The van der Waals surface area contributed by atoms with Gasteiger partial charge in [-0.1, -0.05) is 0 Å². The van der Waals surface area contributed by atoms with Crippen molar-refractivity contribution in [1.29, 1.82) is 0 Å². The molecule has 0 saturated carbocycles. The second-order valence-corrected chi connectivity index (χ2v) is 3.05. The van der Waals surface area contributed by atoms with Crippen molar-refractivity contribution in [2.75, 3.05) is 6.61 Å². The summed E-state index contributed by atoms with van der Waals surface area (Å²) in [6.07, 6.45) is 0.132. The summed E-state index contributed by atoms with van der Waals surface area (Å²) in [7, 11) is 0. The van der Waals surface area contributed by atoms with E-state index in [1.165, 1.54) is 20.8 Å². The first kappa shape index (κ1) is 13.4. The maximum Gasteiger partial charge on any atom is 0.331 e. The molecule has 0 saturated heterocycles. The van der Waals surface area contributed by atoms with Gasteiger partial charge in [-0.3, -0.25) is 9.59 Å². The molecule has 15 heavy (non-hydrogen) atoms. The minimum absolute atomic E-state index is 0.00495. The number of carbonyl (C=O) groups excluding carboxylic acids is 2. The van der Waals surface area contributed by atoms with Crippen LogP contribution in [0.25, 0.3) is 0 Å². The van der Waals surface area contributed by atoms with Crippen LogP contribution in [0.1, 0.15) is 27.2 Å². The molecule has 0 aromatic heterocycles. The lowest BCUT2D eigenvalue weighted by Gasteiger charge is -2.06. The molecule has 0 aromatic carbocycles. The predicted octanol–water partition coefficient (Wildman–Crippen LogP) is 0.930. The number of ether oxygens (including phenoxy) is 1. The molecule has 0 rings (SSSR count). The molecule has 84 valence electrons. The molecule has 0 amide bonds. The van der Waals surface area contributed by atoms with Gasteiger partial charge in [0.2, 0.25) is 0 Å². The molecule has 1 N–H and O–H groups in total. The Morgan fingerprint density at radius 2 is 1.67 bits per heavy atom. The highest BCUT2D eigenvalue weighted by Gasteiger charge is 2.13. The maximum absolute atomic E-state index is 11.1. The summed E-state index contributed by atoms with van der Waals surface area (Å²) in [5.41, 5.74) is 0.179. The van der Waals surface area contributed by atoms with Gasteiger partial charge < -0.3 is 9.84 Å². The van der Waals surface area contributed by atoms with Crippen LogP contribution in [0.5, 0.6) is 0 Å². The zero-order valence-electron chi connectivity index (χ0n) is 8.99. The van der Waals surface area contributed by atoms with Crippen LogP contribution in [0.15, 0.2) is 11.1 Å². The highest BCUT2D eigenvalue weighted by Crippen LogP contribution is 2.10. The van der Waals surface area contributed by atoms with Crippen molar-refractivity contribution in [2.24, 2.45) is 0 Å². The van der Waals surface area contributed by atoms with Crippen molar-refractivity contribution in [3.8, 4) is 0 Å². The second kappa shape index (κ2) is 5.95. The molecule has 0 unspecified atom stereocenters. The first-order chi connectivity index (χ1) is 6.86. The molecule has 0 bridgehead atoms. The molecule has 0 atom stereocenters. The zero-order chi connectivity index (χ0) is 12.0. The van der Waals surface area contributed by atoms with Crippen molar-refractivity contribution in [2.45, 2.75) is 27.2 Å². The molecule has 0 aliphatic heterocycles. The lowest BCUT2D eigenvalue weighted by Crippen LogP contribution is -2.11. The van der Waals surface area contributed by atoms with Gasteiger partial charge in [-0.2, -0.15) is 0 Å². The van der Waals surface area contributed by atoms with Crippen molar-refractivity contribution in [3.05, 3.63) is 11.1 Å². The summed E-state index contributed by atoms with van der Waals surface area (Å²) >= 11 is 0. The summed E-state index contributed by atoms with van der Waals surface area (Å²) in [5, 5.41) is 8.69. The molecule has 0 aliphatic rings. The summed E-state index contributed by atoms with van der Waals surface area (Å²) in [6, 6.07) is 0. The predicted molar refractivity (Wildman–Crippen MR) is 52.3 cm³/mol. The van der Waals surface area contributed by atoms with Crippen molar-refractivity contribution < 1.29 is 24.2 Å². The third kappa shape index (κ3) is 4.95. The molecule has 5 nitrogen and oxygen atoms in total. The first-order valence-corrected chi connectivity index (χ1v) is 4.43. The number of aliphatic carboxylic acids is 1. The summed E-state index contributed by atoms with van der Waals surface area (Å²) in [4.78, 5) is 32.2.